The number of nitrogens with zero attached hydrogens (tertiary/aromatic N) is 1. The number of methoxy groups -OCH3 is 1. The Bertz CT molecular complexity index is 1480. The molecule has 38 heavy (non-hydrogen) atoms. The summed E-state index contributed by atoms with van der Waals surface area (Å²) in [6.45, 7) is -0.324. The fourth-order valence-electron chi connectivity index (χ4n) is 3.51. The van der Waals surface area contributed by atoms with Crippen molar-refractivity contribution < 1.29 is 28.7 Å². The standard InChI is InChI=1S/C26H18BrCl2N3O6/c1-37-21-11-14(10-20(27)23(21)38-13-22(33)30-17-7-5-15(28)6-8-17)9-19-24(34)31-26(36)32(25(19)35)18-4-2-3-16(29)12-18/h2-12H,13H2,1H3,(H,30,33)(H,31,34,36)/b19-9+. The van der Waals surface area contributed by atoms with Crippen LogP contribution in [-0.2, 0) is 14.4 Å². The van der Waals surface area contributed by atoms with Gasteiger partial charge >= 0.3 is 6.03 Å². The maximum atomic E-state index is 13.1. The van der Waals surface area contributed by atoms with Crippen molar-refractivity contribution >= 4 is 80.3 Å². The predicted molar refractivity (Wildman–Crippen MR) is 147 cm³/mol. The highest BCUT2D eigenvalue weighted by Crippen LogP contribution is 2.37. The molecule has 0 radical (unpaired) electrons. The van der Waals surface area contributed by atoms with Gasteiger partial charge in [-0.2, -0.15) is 0 Å². The van der Waals surface area contributed by atoms with E-state index in [2.05, 4.69) is 26.6 Å². The lowest BCUT2D eigenvalue weighted by molar-refractivity contribution is -0.122. The number of benzene rings is 3. The van der Waals surface area contributed by atoms with Gasteiger partial charge in [0.15, 0.2) is 18.1 Å². The van der Waals surface area contributed by atoms with Crippen LogP contribution in [0.25, 0.3) is 6.08 Å². The molecule has 0 aromatic heterocycles. The van der Waals surface area contributed by atoms with Crippen LogP contribution in [0.5, 0.6) is 11.5 Å². The molecular formula is C26H18BrCl2N3O6. The maximum Gasteiger partial charge on any atom is 0.335 e. The zero-order chi connectivity index (χ0) is 27.4. The number of ether oxygens (including phenoxy) is 2. The number of carbonyl (C=O) groups is 4. The Morgan fingerprint density at radius 2 is 1.79 bits per heavy atom. The smallest absolute Gasteiger partial charge is 0.335 e. The largest absolute Gasteiger partial charge is 0.493 e. The molecule has 9 nitrogen and oxygen atoms in total. The number of hydrogen-bond acceptors (Lipinski definition) is 6. The third-order valence-electron chi connectivity index (χ3n) is 5.21. The van der Waals surface area contributed by atoms with Crippen molar-refractivity contribution in [1.82, 2.24) is 5.32 Å². The third-order valence-corrected chi connectivity index (χ3v) is 6.28. The summed E-state index contributed by atoms with van der Waals surface area (Å²) in [7, 11) is 1.40. The SMILES string of the molecule is COc1cc(/C=C2\C(=O)NC(=O)N(c3cccc(Cl)c3)C2=O)cc(Br)c1OCC(=O)Nc1ccc(Cl)cc1. The lowest BCUT2D eigenvalue weighted by Gasteiger charge is -2.26. The van der Waals surface area contributed by atoms with Crippen molar-refractivity contribution in [2.75, 3.05) is 23.9 Å². The second kappa shape index (κ2) is 11.7. The van der Waals surface area contributed by atoms with Crippen LogP contribution < -0.4 is 25.0 Å². The first kappa shape index (κ1) is 27.2. The molecule has 194 valence electrons. The normalized spacial score (nSPS) is 14.4. The van der Waals surface area contributed by atoms with Gasteiger partial charge in [0.05, 0.1) is 17.3 Å². The van der Waals surface area contributed by atoms with Crippen LogP contribution in [-0.4, -0.2) is 37.5 Å². The molecule has 1 aliphatic rings. The quantitative estimate of drug-likeness (QED) is 0.269. The molecule has 1 saturated heterocycles. The highest BCUT2D eigenvalue weighted by atomic mass is 79.9. The molecule has 2 N–H and O–H groups in total. The van der Waals surface area contributed by atoms with E-state index in [1.54, 1.807) is 42.5 Å². The van der Waals surface area contributed by atoms with Gasteiger partial charge < -0.3 is 14.8 Å². The van der Waals surface area contributed by atoms with Crippen LogP contribution in [0.2, 0.25) is 10.0 Å². The average Bonchev–Trinajstić information content (AvgIpc) is 2.87. The second-order valence-corrected chi connectivity index (χ2v) is 9.54. The van der Waals surface area contributed by atoms with Crippen molar-refractivity contribution in [3.05, 3.63) is 86.3 Å². The minimum absolute atomic E-state index is 0.206. The minimum atomic E-state index is -0.890. The van der Waals surface area contributed by atoms with E-state index in [-0.39, 0.29) is 29.4 Å². The van der Waals surface area contributed by atoms with Crippen molar-refractivity contribution in [3.63, 3.8) is 0 Å². The molecule has 1 aliphatic heterocycles. The highest BCUT2D eigenvalue weighted by Gasteiger charge is 2.37. The van der Waals surface area contributed by atoms with E-state index >= 15 is 0 Å². The van der Waals surface area contributed by atoms with Gasteiger partial charge in [-0.05, 0) is 82.2 Å². The minimum Gasteiger partial charge on any atom is -0.493 e. The Morgan fingerprint density at radius 3 is 2.47 bits per heavy atom. The Labute approximate surface area is 235 Å². The molecule has 12 heteroatoms. The Balaban J connectivity index is 1.55. The molecule has 4 rings (SSSR count). The van der Waals surface area contributed by atoms with Crippen LogP contribution in [0.15, 0.2) is 70.7 Å². The lowest BCUT2D eigenvalue weighted by Crippen LogP contribution is -2.54. The van der Waals surface area contributed by atoms with Crippen LogP contribution >= 0.6 is 39.1 Å². The summed E-state index contributed by atoms with van der Waals surface area (Å²) in [5.74, 6) is -1.63. The molecule has 3 aromatic carbocycles. The van der Waals surface area contributed by atoms with E-state index in [9.17, 15) is 19.2 Å². The molecule has 5 amide bonds. The Morgan fingerprint density at radius 1 is 1.05 bits per heavy atom. The predicted octanol–water partition coefficient (Wildman–Crippen LogP) is 5.45. The average molecular weight is 619 g/mol. The topological polar surface area (TPSA) is 114 Å². The Kier molecular flexibility index (Phi) is 8.35. The number of rotatable bonds is 7. The van der Waals surface area contributed by atoms with Crippen LogP contribution in [0.3, 0.4) is 0 Å². The highest BCUT2D eigenvalue weighted by molar-refractivity contribution is 9.10. The molecule has 0 unspecified atom stereocenters. The van der Waals surface area contributed by atoms with Crippen LogP contribution in [0.1, 0.15) is 5.56 Å². The molecule has 3 aromatic rings. The van der Waals surface area contributed by atoms with Gasteiger partial charge in [0.2, 0.25) is 0 Å². The van der Waals surface area contributed by atoms with E-state index in [1.165, 1.54) is 31.4 Å². The van der Waals surface area contributed by atoms with Crippen LogP contribution in [0, 0.1) is 0 Å². The molecule has 0 saturated carbocycles. The van der Waals surface area contributed by atoms with E-state index < -0.39 is 23.8 Å². The molecule has 0 bridgehead atoms. The molecule has 1 heterocycles. The van der Waals surface area contributed by atoms with E-state index in [0.29, 0.717) is 25.8 Å². The van der Waals surface area contributed by atoms with Gasteiger partial charge in [0.1, 0.15) is 5.57 Å². The van der Waals surface area contributed by atoms with Gasteiger partial charge in [-0.3, -0.25) is 19.7 Å². The number of carbonyl (C=O) groups excluding carboxylic acids is 4. The second-order valence-electron chi connectivity index (χ2n) is 7.82. The van der Waals surface area contributed by atoms with Gasteiger partial charge in [0, 0.05) is 15.7 Å². The monoisotopic (exact) mass is 617 g/mol. The number of anilines is 2. The molecule has 0 spiro atoms. The number of nitrogens with one attached hydrogen (secondary N) is 2. The summed E-state index contributed by atoms with van der Waals surface area (Å²) >= 11 is 15.2. The molecule has 0 atom stereocenters. The van der Waals surface area contributed by atoms with Crippen molar-refractivity contribution in [2.24, 2.45) is 0 Å². The summed E-state index contributed by atoms with van der Waals surface area (Å²) in [5, 5.41) is 5.70. The lowest BCUT2D eigenvalue weighted by atomic mass is 10.1. The van der Waals surface area contributed by atoms with Gasteiger partial charge in [-0.25, -0.2) is 9.69 Å². The first-order valence-electron chi connectivity index (χ1n) is 10.9. The number of amides is 5. The summed E-state index contributed by atoms with van der Waals surface area (Å²) in [5.41, 5.74) is 0.870. The summed E-state index contributed by atoms with van der Waals surface area (Å²) in [4.78, 5) is 51.2. The molecular weight excluding hydrogens is 601 g/mol. The number of barbiturate groups is 1. The summed E-state index contributed by atoms with van der Waals surface area (Å²) < 4.78 is 11.5. The van der Waals surface area contributed by atoms with Crippen molar-refractivity contribution in [2.45, 2.75) is 0 Å². The number of halogens is 3. The third kappa shape index (κ3) is 6.16. The van der Waals surface area contributed by atoms with Crippen molar-refractivity contribution in [3.8, 4) is 11.5 Å². The van der Waals surface area contributed by atoms with Gasteiger partial charge in [-0.1, -0.05) is 29.3 Å². The maximum absolute atomic E-state index is 13.1. The summed E-state index contributed by atoms with van der Waals surface area (Å²) in [6.07, 6.45) is 1.31. The van der Waals surface area contributed by atoms with E-state index in [1.807, 2.05) is 0 Å². The number of urea groups is 1. The fourth-order valence-corrected chi connectivity index (χ4v) is 4.39. The first-order chi connectivity index (χ1) is 18.2. The van der Waals surface area contributed by atoms with Crippen molar-refractivity contribution in [1.29, 1.82) is 0 Å². The molecule has 0 aliphatic carbocycles. The van der Waals surface area contributed by atoms with Gasteiger partial charge in [0.25, 0.3) is 17.7 Å². The fraction of sp³-hybridized carbons (Fsp3) is 0.0769. The van der Waals surface area contributed by atoms with E-state index in [0.717, 1.165) is 4.90 Å². The number of imide groups is 2. The van der Waals surface area contributed by atoms with E-state index in [4.69, 9.17) is 32.7 Å². The van der Waals surface area contributed by atoms with Crippen LogP contribution in [0.4, 0.5) is 16.2 Å². The zero-order valence-corrected chi connectivity index (χ0v) is 22.7. The first-order valence-corrected chi connectivity index (χ1v) is 12.4. The number of hydrogen-bond donors (Lipinski definition) is 2. The molecule has 1 fully saturated rings. The zero-order valence-electron chi connectivity index (χ0n) is 19.6. The van der Waals surface area contributed by atoms with Gasteiger partial charge in [-0.15, -0.1) is 0 Å². The Hall–Kier alpha value is -3.86. The summed E-state index contributed by atoms with van der Waals surface area (Å²) in [6, 6.07) is 14.9.